The van der Waals surface area contributed by atoms with Crippen LogP contribution in [0.2, 0.25) is 0 Å². The molecule has 22 heavy (non-hydrogen) atoms. The number of halogens is 1. The maximum Gasteiger partial charge on any atom is 0.272 e. The molecule has 0 saturated carbocycles. The summed E-state index contributed by atoms with van der Waals surface area (Å²) in [6.07, 6.45) is 0. The Kier molecular flexibility index (Phi) is 3.06. The Morgan fingerprint density at radius 2 is 2.05 bits per heavy atom. The first-order chi connectivity index (χ1) is 10.5. The van der Waals surface area contributed by atoms with Gasteiger partial charge in [0, 0.05) is 12.1 Å². The van der Waals surface area contributed by atoms with Gasteiger partial charge in [0.2, 0.25) is 5.89 Å². The fraction of sp³-hybridized carbons (Fsp3) is 0. The molecule has 0 aliphatic heterocycles. The van der Waals surface area contributed by atoms with Crippen LogP contribution >= 0.6 is 0 Å². The second kappa shape index (κ2) is 4.92. The van der Waals surface area contributed by atoms with Crippen LogP contribution in [-0.4, -0.2) is 15.8 Å². The van der Waals surface area contributed by atoms with Crippen molar-refractivity contribution in [1.82, 2.24) is 4.98 Å². The molecule has 0 fully saturated rings. The van der Waals surface area contributed by atoms with Crippen LogP contribution in [0.3, 0.4) is 0 Å². The predicted molar refractivity (Wildman–Crippen MR) is 74.6 cm³/mol. The van der Waals surface area contributed by atoms with Gasteiger partial charge >= 0.3 is 0 Å². The normalized spacial score (nSPS) is 10.8. The quantitative estimate of drug-likeness (QED) is 0.590. The summed E-state index contributed by atoms with van der Waals surface area (Å²) in [6, 6.07) is 7.89. The molecule has 0 atom stereocenters. The van der Waals surface area contributed by atoms with Crippen molar-refractivity contribution in [2.45, 2.75) is 0 Å². The fourth-order valence-electron chi connectivity index (χ4n) is 2.06. The van der Waals surface area contributed by atoms with Crippen molar-refractivity contribution in [3.05, 3.63) is 57.9 Å². The Bertz CT molecular complexity index is 920. The van der Waals surface area contributed by atoms with Crippen LogP contribution in [0.5, 0.6) is 0 Å². The van der Waals surface area contributed by atoms with Crippen LogP contribution in [0.4, 0.5) is 10.1 Å². The SMILES string of the molecule is NC(=O)c1cc([N+](=O)[O-])cc2nc(-c3ccccc3F)oc12. The Morgan fingerprint density at radius 1 is 1.32 bits per heavy atom. The number of hydrogen-bond donors (Lipinski definition) is 1. The first kappa shape index (κ1) is 13.7. The maximum atomic E-state index is 13.8. The topological polar surface area (TPSA) is 112 Å². The number of nitrogens with two attached hydrogens (primary N) is 1. The van der Waals surface area contributed by atoms with Crippen molar-refractivity contribution < 1.29 is 18.5 Å². The number of fused-ring (bicyclic) bond motifs is 1. The first-order valence-corrected chi connectivity index (χ1v) is 6.11. The molecule has 110 valence electrons. The number of nitrogens with zero attached hydrogens (tertiary/aromatic N) is 2. The number of benzene rings is 2. The number of carbonyl (C=O) groups is 1. The van der Waals surface area contributed by atoms with Crippen LogP contribution in [0, 0.1) is 15.9 Å². The van der Waals surface area contributed by atoms with Gasteiger partial charge in [0.25, 0.3) is 11.6 Å². The Labute approximate surface area is 122 Å². The van der Waals surface area contributed by atoms with Gasteiger partial charge in [-0.15, -0.1) is 0 Å². The van der Waals surface area contributed by atoms with Gasteiger partial charge in [0.05, 0.1) is 16.1 Å². The molecule has 0 saturated heterocycles. The smallest absolute Gasteiger partial charge is 0.272 e. The second-order valence-corrected chi connectivity index (χ2v) is 4.46. The van der Waals surface area contributed by atoms with Gasteiger partial charge in [-0.3, -0.25) is 14.9 Å². The van der Waals surface area contributed by atoms with E-state index in [0.717, 1.165) is 12.1 Å². The summed E-state index contributed by atoms with van der Waals surface area (Å²) >= 11 is 0. The number of non-ortho nitro benzene ring substituents is 1. The van der Waals surface area contributed by atoms with E-state index < -0.39 is 16.6 Å². The van der Waals surface area contributed by atoms with Crippen molar-refractivity contribution in [3.8, 4) is 11.5 Å². The van der Waals surface area contributed by atoms with Crippen molar-refractivity contribution in [2.24, 2.45) is 5.73 Å². The molecule has 1 heterocycles. The number of amides is 1. The highest BCUT2D eigenvalue weighted by Gasteiger charge is 2.21. The summed E-state index contributed by atoms with van der Waals surface area (Å²) in [6.45, 7) is 0. The average molecular weight is 301 g/mol. The minimum atomic E-state index is -0.898. The van der Waals surface area contributed by atoms with Crippen molar-refractivity contribution in [2.75, 3.05) is 0 Å². The summed E-state index contributed by atoms with van der Waals surface area (Å²) in [4.78, 5) is 25.7. The number of rotatable bonds is 3. The zero-order valence-corrected chi connectivity index (χ0v) is 10.9. The van der Waals surface area contributed by atoms with Crippen LogP contribution in [-0.2, 0) is 0 Å². The summed E-state index contributed by atoms with van der Waals surface area (Å²) < 4.78 is 19.2. The molecule has 2 aromatic carbocycles. The molecule has 1 aromatic heterocycles. The molecule has 0 aliphatic rings. The summed E-state index contributed by atoms with van der Waals surface area (Å²) in [5.41, 5.74) is 4.79. The third-order valence-electron chi connectivity index (χ3n) is 3.06. The Hall–Kier alpha value is -3.29. The van der Waals surface area contributed by atoms with E-state index in [1.54, 1.807) is 6.07 Å². The fourth-order valence-corrected chi connectivity index (χ4v) is 2.06. The van der Waals surface area contributed by atoms with E-state index in [4.69, 9.17) is 10.2 Å². The molecule has 7 nitrogen and oxygen atoms in total. The highest BCUT2D eigenvalue weighted by atomic mass is 19.1. The van der Waals surface area contributed by atoms with Gasteiger partial charge in [0.1, 0.15) is 11.3 Å². The molecule has 0 spiro atoms. The van der Waals surface area contributed by atoms with Gasteiger partial charge in [-0.25, -0.2) is 9.37 Å². The van der Waals surface area contributed by atoms with E-state index in [0.29, 0.717) is 0 Å². The van der Waals surface area contributed by atoms with Crippen molar-refractivity contribution in [3.63, 3.8) is 0 Å². The van der Waals surface area contributed by atoms with E-state index >= 15 is 0 Å². The molecular formula is C14H8FN3O4. The lowest BCUT2D eigenvalue weighted by molar-refractivity contribution is -0.384. The van der Waals surface area contributed by atoms with E-state index in [1.807, 2.05) is 0 Å². The zero-order valence-electron chi connectivity index (χ0n) is 10.9. The minimum Gasteiger partial charge on any atom is -0.435 e. The first-order valence-electron chi connectivity index (χ1n) is 6.11. The van der Waals surface area contributed by atoms with Gasteiger partial charge in [0.15, 0.2) is 5.58 Å². The van der Waals surface area contributed by atoms with Gasteiger partial charge in [-0.2, -0.15) is 0 Å². The van der Waals surface area contributed by atoms with Crippen molar-refractivity contribution >= 4 is 22.7 Å². The number of oxazole rings is 1. The number of nitro benzene ring substituents is 1. The Morgan fingerprint density at radius 3 is 2.68 bits per heavy atom. The van der Waals surface area contributed by atoms with Crippen LogP contribution in [0.1, 0.15) is 10.4 Å². The molecule has 0 aliphatic carbocycles. The molecule has 3 rings (SSSR count). The summed E-state index contributed by atoms with van der Waals surface area (Å²) in [5.74, 6) is -1.55. The minimum absolute atomic E-state index is 0.0173. The number of aromatic nitrogens is 1. The van der Waals surface area contributed by atoms with Gasteiger partial charge in [-0.05, 0) is 12.1 Å². The number of nitro groups is 1. The predicted octanol–water partition coefficient (Wildman–Crippen LogP) is 2.64. The van der Waals surface area contributed by atoms with E-state index in [-0.39, 0.29) is 33.8 Å². The van der Waals surface area contributed by atoms with E-state index in [9.17, 15) is 19.3 Å². The monoisotopic (exact) mass is 301 g/mol. The second-order valence-electron chi connectivity index (χ2n) is 4.46. The van der Waals surface area contributed by atoms with E-state index in [2.05, 4.69) is 4.98 Å². The van der Waals surface area contributed by atoms with Gasteiger partial charge in [-0.1, -0.05) is 12.1 Å². The number of carbonyl (C=O) groups excluding carboxylic acids is 1. The molecule has 8 heteroatoms. The lowest BCUT2D eigenvalue weighted by Crippen LogP contribution is -2.11. The largest absolute Gasteiger partial charge is 0.435 e. The Balaban J connectivity index is 2.29. The molecule has 0 bridgehead atoms. The van der Waals surface area contributed by atoms with Crippen molar-refractivity contribution in [1.29, 1.82) is 0 Å². The standard InChI is InChI=1S/C14H8FN3O4/c15-10-4-2-1-3-8(10)14-17-11-6-7(18(20)21)5-9(13(16)19)12(11)22-14/h1-6H,(H2,16,19). The maximum absolute atomic E-state index is 13.8. The molecule has 0 radical (unpaired) electrons. The van der Waals surface area contributed by atoms with Crippen LogP contribution in [0.15, 0.2) is 40.8 Å². The average Bonchev–Trinajstić information content (AvgIpc) is 2.89. The van der Waals surface area contributed by atoms with Crippen LogP contribution in [0.25, 0.3) is 22.6 Å². The molecule has 2 N–H and O–H groups in total. The van der Waals surface area contributed by atoms with Crippen LogP contribution < -0.4 is 5.73 Å². The lowest BCUT2D eigenvalue weighted by Gasteiger charge is -1.97. The summed E-state index contributed by atoms with van der Waals surface area (Å²) in [7, 11) is 0. The summed E-state index contributed by atoms with van der Waals surface area (Å²) in [5, 5.41) is 10.9. The van der Waals surface area contributed by atoms with Gasteiger partial charge < -0.3 is 10.2 Å². The lowest BCUT2D eigenvalue weighted by atomic mass is 10.1. The number of primary amides is 1. The third kappa shape index (κ3) is 2.16. The highest BCUT2D eigenvalue weighted by molar-refractivity contribution is 6.04. The van der Waals surface area contributed by atoms with E-state index in [1.165, 1.54) is 18.2 Å². The molecule has 3 aromatic rings. The highest BCUT2D eigenvalue weighted by Crippen LogP contribution is 2.30. The zero-order chi connectivity index (χ0) is 15.9. The number of hydrogen-bond acceptors (Lipinski definition) is 5. The molecular weight excluding hydrogens is 293 g/mol. The molecule has 1 amide bonds. The third-order valence-corrected chi connectivity index (χ3v) is 3.06. The molecule has 0 unspecified atom stereocenters.